The van der Waals surface area contributed by atoms with E-state index in [-0.39, 0.29) is 18.6 Å². The number of benzene rings is 1. The number of nitrogens with zero attached hydrogens (tertiary/aromatic N) is 2. The van der Waals surface area contributed by atoms with E-state index in [0.717, 1.165) is 0 Å². The minimum atomic E-state index is -0.857. The molecule has 0 unspecified atom stereocenters. The Bertz CT molecular complexity index is 779. The summed E-state index contributed by atoms with van der Waals surface area (Å²) in [5.41, 5.74) is 0. The first kappa shape index (κ1) is 18.7. The van der Waals surface area contributed by atoms with E-state index in [0.29, 0.717) is 36.8 Å². The molecule has 1 saturated heterocycles. The van der Waals surface area contributed by atoms with Crippen LogP contribution in [-0.4, -0.2) is 46.1 Å². The van der Waals surface area contributed by atoms with Crippen LogP contribution in [0.5, 0.6) is 17.4 Å². The van der Waals surface area contributed by atoms with Crippen LogP contribution in [0.4, 0.5) is 0 Å². The predicted octanol–water partition coefficient (Wildman–Crippen LogP) is 2.96. The number of pyridine rings is 1. The van der Waals surface area contributed by atoms with Crippen molar-refractivity contribution >= 4 is 11.9 Å². The lowest BCUT2D eigenvalue weighted by atomic mass is 9.90. The number of carboxylic acid groups (broad SMARTS) is 1. The van der Waals surface area contributed by atoms with Crippen LogP contribution < -0.4 is 9.47 Å². The van der Waals surface area contributed by atoms with Gasteiger partial charge in [-0.1, -0.05) is 6.07 Å². The van der Waals surface area contributed by atoms with Crippen molar-refractivity contribution in [2.24, 2.45) is 5.92 Å². The molecule has 27 heavy (non-hydrogen) atoms. The number of hydrogen-bond acceptors (Lipinski definition) is 5. The van der Waals surface area contributed by atoms with Crippen LogP contribution in [0.25, 0.3) is 0 Å². The summed E-state index contributed by atoms with van der Waals surface area (Å²) in [5.74, 6) is 0.0586. The summed E-state index contributed by atoms with van der Waals surface area (Å²) >= 11 is 0. The first-order chi connectivity index (χ1) is 13.0. The summed E-state index contributed by atoms with van der Waals surface area (Å²) < 4.78 is 11.2. The number of rotatable bonds is 6. The zero-order chi connectivity index (χ0) is 19.2. The number of piperidine rings is 1. The average Bonchev–Trinajstić information content (AvgIpc) is 2.68. The lowest BCUT2D eigenvalue weighted by molar-refractivity contribution is -0.149. The van der Waals surface area contributed by atoms with Crippen LogP contribution in [0.15, 0.2) is 48.7 Å². The summed E-state index contributed by atoms with van der Waals surface area (Å²) in [5, 5.41) is 9.26. The van der Waals surface area contributed by atoms with Gasteiger partial charge in [-0.2, -0.15) is 0 Å². The molecule has 7 nitrogen and oxygen atoms in total. The molecule has 1 N–H and O–H groups in total. The van der Waals surface area contributed by atoms with Gasteiger partial charge in [0, 0.05) is 24.8 Å². The maximum Gasteiger partial charge on any atom is 0.308 e. The van der Waals surface area contributed by atoms with E-state index in [2.05, 4.69) is 4.98 Å². The van der Waals surface area contributed by atoms with Crippen molar-refractivity contribution in [1.29, 1.82) is 0 Å². The fraction of sp³-hybridized carbons (Fsp3) is 0.350. The highest BCUT2D eigenvalue weighted by atomic mass is 16.5. The molecule has 0 saturated carbocycles. The number of carboxylic acids is 1. The Labute approximate surface area is 157 Å². The average molecular weight is 370 g/mol. The van der Waals surface area contributed by atoms with Gasteiger partial charge in [0.25, 0.3) is 5.91 Å². The molecule has 0 bridgehead atoms. The number of amides is 1. The van der Waals surface area contributed by atoms with Crippen molar-refractivity contribution in [3.63, 3.8) is 0 Å². The highest BCUT2D eigenvalue weighted by Gasteiger charge is 2.35. The first-order valence-electron chi connectivity index (χ1n) is 8.88. The molecule has 1 aromatic carbocycles. The van der Waals surface area contributed by atoms with Crippen LogP contribution in [0.1, 0.15) is 19.8 Å². The fourth-order valence-corrected chi connectivity index (χ4v) is 3.19. The Kier molecular flexibility index (Phi) is 5.90. The van der Waals surface area contributed by atoms with Crippen molar-refractivity contribution in [3.8, 4) is 17.4 Å². The number of ether oxygens (including phenoxy) is 2. The normalized spacial score (nSPS) is 19.4. The van der Waals surface area contributed by atoms with E-state index in [9.17, 15) is 14.7 Å². The van der Waals surface area contributed by atoms with E-state index in [1.165, 1.54) is 0 Å². The molecule has 1 aliphatic heterocycles. The maximum absolute atomic E-state index is 12.4. The Hall–Kier alpha value is -3.09. The Morgan fingerprint density at radius 1 is 1.19 bits per heavy atom. The highest BCUT2D eigenvalue weighted by molar-refractivity contribution is 5.80. The first-order valence-corrected chi connectivity index (χ1v) is 8.88. The minimum Gasteiger partial charge on any atom is -0.484 e. The van der Waals surface area contributed by atoms with Gasteiger partial charge in [0.05, 0.1) is 5.92 Å². The number of carbonyl (C=O) groups is 2. The molecule has 142 valence electrons. The standard InChI is InChI=1S/C20H22N2O5/c1-14-17(20(24)25)5-4-12-22(14)19(23)13-26-15-7-9-16(10-8-15)27-18-6-2-3-11-21-18/h2-3,6-11,14,17H,4-5,12-13H2,1H3,(H,24,25)/t14-,17-/m1/s1. The third-order valence-corrected chi connectivity index (χ3v) is 4.67. The van der Waals surface area contributed by atoms with Crippen LogP contribution in [0.2, 0.25) is 0 Å². The van der Waals surface area contributed by atoms with Gasteiger partial charge in [-0.15, -0.1) is 0 Å². The minimum absolute atomic E-state index is 0.128. The number of likely N-dealkylation sites (tertiary alicyclic amines) is 1. The summed E-state index contributed by atoms with van der Waals surface area (Å²) in [4.78, 5) is 29.4. The van der Waals surface area contributed by atoms with E-state index in [1.807, 2.05) is 12.1 Å². The predicted molar refractivity (Wildman–Crippen MR) is 97.8 cm³/mol. The molecule has 2 heterocycles. The third kappa shape index (κ3) is 4.75. The van der Waals surface area contributed by atoms with E-state index >= 15 is 0 Å². The molecule has 1 amide bonds. The zero-order valence-electron chi connectivity index (χ0n) is 15.1. The number of carbonyl (C=O) groups excluding carboxylic acids is 1. The summed E-state index contributed by atoms with van der Waals surface area (Å²) in [6.07, 6.45) is 2.93. The number of aromatic nitrogens is 1. The molecule has 2 atom stereocenters. The smallest absolute Gasteiger partial charge is 0.308 e. The van der Waals surface area contributed by atoms with Gasteiger partial charge in [0.1, 0.15) is 11.5 Å². The topological polar surface area (TPSA) is 89.0 Å². The molecule has 7 heteroatoms. The van der Waals surface area contributed by atoms with Crippen molar-refractivity contribution in [1.82, 2.24) is 9.88 Å². The van der Waals surface area contributed by atoms with Crippen molar-refractivity contribution < 1.29 is 24.2 Å². The largest absolute Gasteiger partial charge is 0.484 e. The Morgan fingerprint density at radius 2 is 1.93 bits per heavy atom. The molecule has 1 fully saturated rings. The third-order valence-electron chi connectivity index (χ3n) is 4.67. The molecular formula is C20H22N2O5. The number of hydrogen-bond donors (Lipinski definition) is 1. The van der Waals surface area contributed by atoms with Gasteiger partial charge in [0.2, 0.25) is 5.88 Å². The second kappa shape index (κ2) is 8.53. The van der Waals surface area contributed by atoms with E-state index in [1.54, 1.807) is 48.4 Å². The zero-order valence-corrected chi connectivity index (χ0v) is 15.1. The molecule has 1 aliphatic rings. The van der Waals surface area contributed by atoms with Gasteiger partial charge < -0.3 is 19.5 Å². The van der Waals surface area contributed by atoms with Crippen LogP contribution in [-0.2, 0) is 9.59 Å². The summed E-state index contributed by atoms with van der Waals surface area (Å²) in [7, 11) is 0. The van der Waals surface area contributed by atoms with Crippen LogP contribution in [0.3, 0.4) is 0 Å². The van der Waals surface area contributed by atoms with Gasteiger partial charge in [-0.3, -0.25) is 9.59 Å². The second-order valence-corrected chi connectivity index (χ2v) is 6.44. The molecule has 3 rings (SSSR count). The SMILES string of the molecule is C[C@@H]1[C@H](C(=O)O)CCCN1C(=O)COc1ccc(Oc2ccccn2)cc1. The summed E-state index contributed by atoms with van der Waals surface area (Å²) in [6.45, 7) is 2.21. The van der Waals surface area contributed by atoms with Gasteiger partial charge in [-0.05, 0) is 50.1 Å². The van der Waals surface area contributed by atoms with E-state index in [4.69, 9.17) is 9.47 Å². The van der Waals surface area contributed by atoms with Gasteiger partial charge in [0.15, 0.2) is 6.61 Å². The van der Waals surface area contributed by atoms with Crippen molar-refractivity contribution in [2.75, 3.05) is 13.2 Å². The van der Waals surface area contributed by atoms with Crippen molar-refractivity contribution in [2.45, 2.75) is 25.8 Å². The lowest BCUT2D eigenvalue weighted by Crippen LogP contribution is -2.50. The van der Waals surface area contributed by atoms with Gasteiger partial charge in [-0.25, -0.2) is 4.98 Å². The highest BCUT2D eigenvalue weighted by Crippen LogP contribution is 2.25. The quantitative estimate of drug-likeness (QED) is 0.841. The number of aliphatic carboxylic acids is 1. The fourth-order valence-electron chi connectivity index (χ4n) is 3.19. The Balaban J connectivity index is 1.53. The molecular weight excluding hydrogens is 348 g/mol. The molecule has 1 aromatic heterocycles. The van der Waals surface area contributed by atoms with Crippen molar-refractivity contribution in [3.05, 3.63) is 48.7 Å². The lowest BCUT2D eigenvalue weighted by Gasteiger charge is -2.37. The maximum atomic E-state index is 12.4. The van der Waals surface area contributed by atoms with Crippen LogP contribution >= 0.6 is 0 Å². The summed E-state index contributed by atoms with van der Waals surface area (Å²) in [6, 6.07) is 12.0. The van der Waals surface area contributed by atoms with Crippen LogP contribution in [0, 0.1) is 5.92 Å². The Morgan fingerprint density at radius 3 is 2.59 bits per heavy atom. The van der Waals surface area contributed by atoms with E-state index < -0.39 is 11.9 Å². The molecule has 0 spiro atoms. The molecule has 2 aromatic rings. The monoisotopic (exact) mass is 370 g/mol. The molecule has 0 aliphatic carbocycles. The molecule has 0 radical (unpaired) electrons. The van der Waals surface area contributed by atoms with Gasteiger partial charge >= 0.3 is 5.97 Å². The second-order valence-electron chi connectivity index (χ2n) is 6.44.